The zero-order valence-corrected chi connectivity index (χ0v) is 17.3. The lowest BCUT2D eigenvalue weighted by atomic mass is 9.93. The van der Waals surface area contributed by atoms with Crippen molar-refractivity contribution in [1.29, 1.82) is 0 Å². The molecule has 1 saturated heterocycles. The van der Waals surface area contributed by atoms with Crippen molar-refractivity contribution in [3.63, 3.8) is 0 Å². The Morgan fingerprint density at radius 3 is 2.79 bits per heavy atom. The number of likely N-dealkylation sites (tertiary alicyclic amines) is 1. The van der Waals surface area contributed by atoms with Crippen LogP contribution in [0.2, 0.25) is 5.02 Å². The van der Waals surface area contributed by atoms with Gasteiger partial charge in [0.1, 0.15) is 0 Å². The third-order valence-corrected chi connectivity index (χ3v) is 6.40. The number of aryl methyl sites for hydroxylation is 1. The monoisotopic (exact) mass is 400 g/mol. The fourth-order valence-corrected chi connectivity index (χ4v) is 4.45. The molecule has 1 aliphatic carbocycles. The number of nitrogens with one attached hydrogen (secondary N) is 1. The number of hydrogen-bond acceptors (Lipinski definition) is 3. The first-order valence-corrected chi connectivity index (χ1v) is 10.7. The van der Waals surface area contributed by atoms with E-state index in [9.17, 15) is 4.79 Å². The first-order valence-electron chi connectivity index (χ1n) is 10.4. The second-order valence-electron chi connectivity index (χ2n) is 8.25. The molecule has 2 heterocycles. The van der Waals surface area contributed by atoms with Crippen LogP contribution in [0.15, 0.2) is 36.7 Å². The van der Waals surface area contributed by atoms with Crippen LogP contribution in [-0.2, 0) is 23.3 Å². The van der Waals surface area contributed by atoms with Gasteiger partial charge in [-0.05, 0) is 62.8 Å². The van der Waals surface area contributed by atoms with E-state index < -0.39 is 0 Å². The molecule has 1 aliphatic heterocycles. The van der Waals surface area contributed by atoms with Gasteiger partial charge in [-0.3, -0.25) is 14.4 Å². The van der Waals surface area contributed by atoms with E-state index in [1.165, 1.54) is 18.4 Å². The van der Waals surface area contributed by atoms with E-state index in [4.69, 9.17) is 11.6 Å². The predicted octanol–water partition coefficient (Wildman–Crippen LogP) is 3.62. The molecule has 1 amide bonds. The molecule has 150 valence electrons. The van der Waals surface area contributed by atoms with Crippen LogP contribution in [0.5, 0.6) is 0 Å². The van der Waals surface area contributed by atoms with Crippen molar-refractivity contribution in [2.24, 2.45) is 5.92 Å². The minimum absolute atomic E-state index is 0.177. The molecular weight excluding hydrogens is 372 g/mol. The highest BCUT2D eigenvalue weighted by Gasteiger charge is 2.51. The lowest BCUT2D eigenvalue weighted by molar-refractivity contribution is -0.123. The fourth-order valence-electron chi connectivity index (χ4n) is 4.33. The van der Waals surface area contributed by atoms with E-state index in [1.807, 2.05) is 35.1 Å². The third-order valence-electron chi connectivity index (χ3n) is 6.15. The first kappa shape index (κ1) is 19.5. The van der Waals surface area contributed by atoms with Crippen LogP contribution in [0.1, 0.15) is 43.7 Å². The van der Waals surface area contributed by atoms with Crippen molar-refractivity contribution in [3.05, 3.63) is 52.8 Å². The molecular formula is C22H29ClN4O. The number of rotatable bonds is 7. The lowest BCUT2D eigenvalue weighted by Gasteiger charge is -2.32. The maximum Gasteiger partial charge on any atom is 0.230 e. The Labute approximate surface area is 172 Å². The van der Waals surface area contributed by atoms with E-state index in [0.717, 1.165) is 51.1 Å². The van der Waals surface area contributed by atoms with Gasteiger partial charge in [0.2, 0.25) is 5.91 Å². The standard InChI is InChI=1S/C22H29ClN4O/c1-2-27-16-18(13-25-27)15-26-11-3-4-17(14-26)12-24-21(28)22(9-10-22)19-5-7-20(23)8-6-19/h5-8,13,16-17H,2-4,9-12,14-15H2,1H3,(H,24,28). The van der Waals surface area contributed by atoms with Gasteiger partial charge in [0.05, 0.1) is 11.6 Å². The number of halogens is 1. The number of benzene rings is 1. The molecule has 1 aromatic heterocycles. The predicted molar refractivity (Wildman–Crippen MR) is 111 cm³/mol. The Bertz CT molecular complexity index is 812. The first-order chi connectivity index (χ1) is 13.6. The smallest absolute Gasteiger partial charge is 0.230 e. The van der Waals surface area contributed by atoms with Gasteiger partial charge >= 0.3 is 0 Å². The minimum atomic E-state index is -0.326. The van der Waals surface area contributed by atoms with Crippen LogP contribution in [0, 0.1) is 5.92 Å². The van der Waals surface area contributed by atoms with E-state index in [1.54, 1.807) is 0 Å². The van der Waals surface area contributed by atoms with Crippen molar-refractivity contribution in [1.82, 2.24) is 20.0 Å². The summed E-state index contributed by atoms with van der Waals surface area (Å²) in [4.78, 5) is 15.4. The summed E-state index contributed by atoms with van der Waals surface area (Å²) in [6.07, 6.45) is 8.33. The second kappa shape index (κ2) is 8.26. The van der Waals surface area contributed by atoms with Gasteiger partial charge in [-0.25, -0.2) is 0 Å². The molecule has 1 saturated carbocycles. The summed E-state index contributed by atoms with van der Waals surface area (Å²) in [5.41, 5.74) is 2.03. The van der Waals surface area contributed by atoms with Crippen molar-refractivity contribution in [3.8, 4) is 0 Å². The van der Waals surface area contributed by atoms with Gasteiger partial charge in [-0.2, -0.15) is 5.10 Å². The largest absolute Gasteiger partial charge is 0.355 e. The number of nitrogens with zero attached hydrogens (tertiary/aromatic N) is 3. The highest BCUT2D eigenvalue weighted by Crippen LogP contribution is 2.48. The molecule has 1 unspecified atom stereocenters. The summed E-state index contributed by atoms with van der Waals surface area (Å²) in [6, 6.07) is 7.75. The number of hydrogen-bond donors (Lipinski definition) is 1. The van der Waals surface area contributed by atoms with Crippen molar-refractivity contribution < 1.29 is 4.79 Å². The Kier molecular flexibility index (Phi) is 5.74. The third kappa shape index (κ3) is 4.26. The van der Waals surface area contributed by atoms with Gasteiger partial charge in [0.25, 0.3) is 0 Å². The number of aromatic nitrogens is 2. The summed E-state index contributed by atoms with van der Waals surface area (Å²) in [5.74, 6) is 0.691. The summed E-state index contributed by atoms with van der Waals surface area (Å²) < 4.78 is 1.98. The SMILES string of the molecule is CCn1cc(CN2CCCC(CNC(=O)C3(c4ccc(Cl)cc4)CC3)C2)cn1. The van der Waals surface area contributed by atoms with Crippen molar-refractivity contribution >= 4 is 17.5 Å². The van der Waals surface area contributed by atoms with Gasteiger partial charge in [-0.1, -0.05) is 23.7 Å². The molecule has 0 spiro atoms. The van der Waals surface area contributed by atoms with Crippen LogP contribution in [0.25, 0.3) is 0 Å². The zero-order valence-electron chi connectivity index (χ0n) is 16.5. The van der Waals surface area contributed by atoms with Gasteiger partial charge in [0, 0.05) is 43.0 Å². The van der Waals surface area contributed by atoms with E-state index >= 15 is 0 Å². The Morgan fingerprint density at radius 2 is 2.11 bits per heavy atom. The molecule has 0 radical (unpaired) electrons. The van der Waals surface area contributed by atoms with Crippen LogP contribution >= 0.6 is 11.6 Å². The molecule has 2 aromatic rings. The van der Waals surface area contributed by atoms with Gasteiger partial charge in [-0.15, -0.1) is 0 Å². The molecule has 1 aromatic carbocycles. The van der Waals surface area contributed by atoms with Crippen LogP contribution in [0.3, 0.4) is 0 Å². The maximum absolute atomic E-state index is 12.9. The maximum atomic E-state index is 12.9. The summed E-state index contributed by atoms with van der Waals surface area (Å²) in [5, 5.41) is 8.34. The summed E-state index contributed by atoms with van der Waals surface area (Å²) >= 11 is 6.00. The molecule has 1 atom stereocenters. The highest BCUT2D eigenvalue weighted by atomic mass is 35.5. The molecule has 2 aliphatic rings. The normalized spacial score (nSPS) is 21.4. The van der Waals surface area contributed by atoms with Crippen molar-refractivity contribution in [2.75, 3.05) is 19.6 Å². The number of amides is 1. The molecule has 6 heteroatoms. The van der Waals surface area contributed by atoms with E-state index in [2.05, 4.69) is 28.4 Å². The van der Waals surface area contributed by atoms with Crippen LogP contribution < -0.4 is 5.32 Å². The van der Waals surface area contributed by atoms with Gasteiger partial charge in [0.15, 0.2) is 0 Å². The molecule has 1 N–H and O–H groups in total. The number of piperidine rings is 1. The molecule has 0 bridgehead atoms. The number of carbonyl (C=O) groups excluding carboxylic acids is 1. The summed E-state index contributed by atoms with van der Waals surface area (Å²) in [7, 11) is 0. The van der Waals surface area contributed by atoms with Crippen molar-refractivity contribution in [2.45, 2.75) is 51.1 Å². The lowest BCUT2D eigenvalue weighted by Crippen LogP contribution is -2.43. The Morgan fingerprint density at radius 1 is 1.32 bits per heavy atom. The molecule has 28 heavy (non-hydrogen) atoms. The minimum Gasteiger partial charge on any atom is -0.355 e. The quantitative estimate of drug-likeness (QED) is 0.772. The molecule has 4 rings (SSSR count). The molecule has 5 nitrogen and oxygen atoms in total. The van der Waals surface area contributed by atoms with Gasteiger partial charge < -0.3 is 5.32 Å². The average Bonchev–Trinajstić information content (AvgIpc) is 3.40. The second-order valence-corrected chi connectivity index (χ2v) is 8.68. The topological polar surface area (TPSA) is 50.2 Å². The Balaban J connectivity index is 1.29. The summed E-state index contributed by atoms with van der Waals surface area (Å²) in [6.45, 7) is 6.87. The van der Waals surface area contributed by atoms with Crippen LogP contribution in [0.4, 0.5) is 0 Å². The highest BCUT2D eigenvalue weighted by molar-refractivity contribution is 6.30. The number of carbonyl (C=O) groups is 1. The Hall–Kier alpha value is -1.85. The van der Waals surface area contributed by atoms with Crippen LogP contribution in [-0.4, -0.2) is 40.2 Å². The fraction of sp³-hybridized carbons (Fsp3) is 0.545. The average molecular weight is 401 g/mol. The van der Waals surface area contributed by atoms with E-state index in [-0.39, 0.29) is 11.3 Å². The molecule has 2 fully saturated rings. The zero-order chi connectivity index (χ0) is 19.6. The van der Waals surface area contributed by atoms with E-state index in [0.29, 0.717) is 10.9 Å².